The van der Waals surface area contributed by atoms with Crippen molar-refractivity contribution in [1.29, 1.82) is 0 Å². The molecule has 0 aliphatic heterocycles. The largest absolute Gasteiger partial charge is 0.444 e. The molecule has 14 nitrogen and oxygen atoms in total. The van der Waals surface area contributed by atoms with Gasteiger partial charge in [-0.15, -0.1) is 0 Å². The van der Waals surface area contributed by atoms with Gasteiger partial charge < -0.3 is 40.7 Å². The van der Waals surface area contributed by atoms with E-state index in [0.717, 1.165) is 22.3 Å². The van der Waals surface area contributed by atoms with Gasteiger partial charge in [-0.25, -0.2) is 37.1 Å². The first-order valence-corrected chi connectivity index (χ1v) is 21.0. The molecular formula is C46H58F4N8O6. The Hall–Kier alpha value is -5.94. The van der Waals surface area contributed by atoms with Gasteiger partial charge in [0.1, 0.15) is 22.9 Å². The van der Waals surface area contributed by atoms with Crippen molar-refractivity contribution < 1.29 is 46.2 Å². The zero-order valence-corrected chi connectivity index (χ0v) is 38.2. The number of rotatable bonds is 11. The van der Waals surface area contributed by atoms with Crippen molar-refractivity contribution in [1.82, 2.24) is 41.2 Å². The first-order chi connectivity index (χ1) is 29.3. The first kappa shape index (κ1) is 47.5. The van der Waals surface area contributed by atoms with Crippen molar-refractivity contribution in [3.05, 3.63) is 72.6 Å². The molecule has 2 heterocycles. The van der Waals surface area contributed by atoms with Crippen LogP contribution in [0.3, 0.4) is 0 Å². The average Bonchev–Trinajstić information content (AvgIpc) is 3.59. The Balaban J connectivity index is 1.13. The molecule has 6 rings (SSSR count). The average molecular weight is 895 g/mol. The second-order valence-electron chi connectivity index (χ2n) is 20.9. The zero-order chi connectivity index (χ0) is 47.6. The molecule has 6 N–H and O–H groups in total. The summed E-state index contributed by atoms with van der Waals surface area (Å²) in [5.41, 5.74) is -3.58. The number of ether oxygens (including phenoxy) is 2. The standard InChI is InChI=1S/C46H58F4N8O6/c1-39(2,3)31(55-35(59)43(23-45(43,47)48)57-37(61)63-41(7,8)9)33-51-21-29(53-33)27-17-13-25(14-18-27)26-15-19-28(20-16-26)30-22-52-34(54-30)32(40(4,5)6)56-36(60)44(24-46(44,49)50)58-38(62)64-42(10,11)12/h13-22,31-32H,23-24H2,1-12H3,(H,51,53)(H,52,54)(H,55,59)(H,56,60)(H,57,61)(H,58,62). The van der Waals surface area contributed by atoms with Crippen molar-refractivity contribution in [2.24, 2.45) is 10.8 Å². The van der Waals surface area contributed by atoms with Crippen molar-refractivity contribution >= 4 is 24.0 Å². The van der Waals surface area contributed by atoms with E-state index < -0.39 is 93.9 Å². The van der Waals surface area contributed by atoms with Gasteiger partial charge in [-0.1, -0.05) is 90.1 Å². The molecule has 346 valence electrons. The van der Waals surface area contributed by atoms with E-state index in [0.29, 0.717) is 23.0 Å². The number of hydrogen-bond acceptors (Lipinski definition) is 8. The normalized spacial score (nSPS) is 21.2. The highest BCUT2D eigenvalue weighted by Crippen LogP contribution is 2.54. The number of alkyl halides is 4. The third kappa shape index (κ3) is 10.0. The van der Waals surface area contributed by atoms with E-state index >= 15 is 0 Å². The lowest BCUT2D eigenvalue weighted by molar-refractivity contribution is -0.129. The Morgan fingerprint density at radius 2 is 0.828 bits per heavy atom. The van der Waals surface area contributed by atoms with Gasteiger partial charge >= 0.3 is 12.2 Å². The van der Waals surface area contributed by atoms with Crippen LogP contribution in [0.15, 0.2) is 60.9 Å². The Kier molecular flexibility index (Phi) is 11.8. The summed E-state index contributed by atoms with van der Waals surface area (Å²) in [5.74, 6) is -8.35. The number of nitrogens with zero attached hydrogens (tertiary/aromatic N) is 2. The number of alkyl carbamates (subject to hydrolysis) is 2. The number of aromatic amines is 2. The fourth-order valence-corrected chi connectivity index (χ4v) is 7.25. The molecule has 4 aromatic rings. The Morgan fingerprint density at radius 3 is 1.08 bits per heavy atom. The summed E-state index contributed by atoms with van der Waals surface area (Å²) in [7, 11) is 0. The molecule has 0 saturated heterocycles. The number of amides is 4. The molecule has 0 radical (unpaired) electrons. The summed E-state index contributed by atoms with van der Waals surface area (Å²) >= 11 is 0. The smallest absolute Gasteiger partial charge is 0.408 e. The molecule has 64 heavy (non-hydrogen) atoms. The van der Waals surface area contributed by atoms with Crippen LogP contribution in [0, 0.1) is 10.8 Å². The Morgan fingerprint density at radius 1 is 0.547 bits per heavy atom. The van der Waals surface area contributed by atoms with Gasteiger partial charge in [0.15, 0.2) is 11.1 Å². The highest BCUT2D eigenvalue weighted by molar-refractivity contribution is 5.96. The minimum absolute atomic E-state index is 0.341. The predicted octanol–water partition coefficient (Wildman–Crippen LogP) is 9.15. The van der Waals surface area contributed by atoms with Gasteiger partial charge in [0.25, 0.3) is 23.7 Å². The second kappa shape index (κ2) is 15.9. The van der Waals surface area contributed by atoms with E-state index in [1.54, 1.807) is 53.9 Å². The van der Waals surface area contributed by atoms with Crippen LogP contribution in [0.25, 0.3) is 33.6 Å². The predicted molar refractivity (Wildman–Crippen MR) is 231 cm³/mol. The van der Waals surface area contributed by atoms with E-state index in [-0.39, 0.29) is 0 Å². The molecule has 2 aromatic heterocycles. The quantitative estimate of drug-likeness (QED) is 0.0803. The monoisotopic (exact) mass is 894 g/mol. The van der Waals surface area contributed by atoms with Gasteiger partial charge in [-0.05, 0) is 74.6 Å². The van der Waals surface area contributed by atoms with Crippen LogP contribution in [-0.4, -0.2) is 78.1 Å². The molecule has 2 aliphatic carbocycles. The van der Waals surface area contributed by atoms with E-state index in [9.17, 15) is 36.7 Å². The molecule has 4 amide bonds. The van der Waals surface area contributed by atoms with Crippen LogP contribution in [0.2, 0.25) is 0 Å². The number of nitrogens with one attached hydrogen (secondary N) is 6. The summed E-state index contributed by atoms with van der Waals surface area (Å²) in [4.78, 5) is 67.4. The van der Waals surface area contributed by atoms with Crippen molar-refractivity contribution in [3.63, 3.8) is 0 Å². The second-order valence-corrected chi connectivity index (χ2v) is 20.9. The highest BCUT2D eigenvalue weighted by Gasteiger charge is 2.78. The molecule has 2 fully saturated rings. The van der Waals surface area contributed by atoms with Gasteiger partial charge in [-0.2, -0.15) is 0 Å². The third-order valence-electron chi connectivity index (χ3n) is 10.9. The molecule has 0 bridgehead atoms. The molecule has 18 heteroatoms. The lowest BCUT2D eigenvalue weighted by atomic mass is 9.86. The summed E-state index contributed by atoms with van der Waals surface area (Å²) in [5, 5.41) is 9.64. The first-order valence-electron chi connectivity index (χ1n) is 21.0. The summed E-state index contributed by atoms with van der Waals surface area (Å²) in [6, 6.07) is 13.6. The Bertz CT molecular complexity index is 2240. The SMILES string of the molecule is CC(C)(C)OC(=O)NC1(C(=O)NC(c2ncc(-c3ccc(-c4ccc(-c5cnc(C(NC(=O)C6(NC(=O)OC(C)(C)C)CC6(F)F)C(C)(C)C)[nH]5)cc4)cc3)[nH]2)C(C)(C)C)CC1(F)F. The molecule has 4 atom stereocenters. The number of benzene rings is 2. The molecule has 4 unspecified atom stereocenters. The lowest BCUT2D eigenvalue weighted by Crippen LogP contribution is -2.55. The summed E-state index contributed by atoms with van der Waals surface area (Å²) in [6.45, 7) is 20.5. The number of hydrogen-bond donors (Lipinski definition) is 6. The van der Waals surface area contributed by atoms with Crippen LogP contribution in [0.4, 0.5) is 27.2 Å². The minimum atomic E-state index is -3.47. The Labute approximate surface area is 369 Å². The van der Waals surface area contributed by atoms with Gasteiger partial charge in [-0.3, -0.25) is 9.59 Å². The minimum Gasteiger partial charge on any atom is -0.444 e. The van der Waals surface area contributed by atoms with Crippen LogP contribution in [-0.2, 0) is 19.1 Å². The lowest BCUT2D eigenvalue weighted by Gasteiger charge is -2.32. The molecule has 2 aromatic carbocycles. The van der Waals surface area contributed by atoms with Crippen LogP contribution in [0.5, 0.6) is 0 Å². The zero-order valence-electron chi connectivity index (χ0n) is 38.2. The van der Waals surface area contributed by atoms with Crippen LogP contribution in [0.1, 0.15) is 120 Å². The van der Waals surface area contributed by atoms with E-state index in [4.69, 9.17) is 9.47 Å². The fraction of sp³-hybridized carbons (Fsp3) is 0.522. The summed E-state index contributed by atoms with van der Waals surface area (Å²) in [6.07, 6.45) is -0.774. The highest BCUT2D eigenvalue weighted by atomic mass is 19.3. The van der Waals surface area contributed by atoms with Crippen LogP contribution < -0.4 is 21.3 Å². The number of aromatic nitrogens is 4. The number of carbonyl (C=O) groups excluding carboxylic acids is 4. The van der Waals surface area contributed by atoms with Crippen molar-refractivity contribution in [2.45, 2.75) is 142 Å². The third-order valence-corrected chi connectivity index (χ3v) is 10.9. The fourth-order valence-electron chi connectivity index (χ4n) is 7.25. The maximum atomic E-state index is 14.7. The van der Waals surface area contributed by atoms with Crippen molar-refractivity contribution in [2.75, 3.05) is 0 Å². The molecule has 0 spiro atoms. The summed E-state index contributed by atoms with van der Waals surface area (Å²) < 4.78 is 69.2. The maximum Gasteiger partial charge on any atom is 0.408 e. The van der Waals surface area contributed by atoms with E-state index in [1.165, 1.54) is 0 Å². The molecule has 2 aliphatic rings. The number of halogens is 4. The number of carbonyl (C=O) groups is 4. The van der Waals surface area contributed by atoms with Gasteiger partial charge in [0.05, 0.1) is 48.7 Å². The van der Waals surface area contributed by atoms with Gasteiger partial charge in [0.2, 0.25) is 0 Å². The molecule has 2 saturated carbocycles. The van der Waals surface area contributed by atoms with Crippen molar-refractivity contribution in [3.8, 4) is 33.6 Å². The van der Waals surface area contributed by atoms with E-state index in [1.807, 2.05) is 90.1 Å². The van der Waals surface area contributed by atoms with Gasteiger partial charge in [0, 0.05) is 0 Å². The number of imidazole rings is 2. The van der Waals surface area contributed by atoms with Crippen LogP contribution >= 0.6 is 0 Å². The maximum absolute atomic E-state index is 14.7. The molecular weight excluding hydrogens is 837 g/mol. The topological polar surface area (TPSA) is 192 Å². The van der Waals surface area contributed by atoms with E-state index in [2.05, 4.69) is 41.2 Å². The number of H-pyrrole nitrogens is 2.